The van der Waals surface area contributed by atoms with Gasteiger partial charge in [-0.05, 0) is 54.6 Å². The largest absolute Gasteiger partial charge is 0.287 e. The summed E-state index contributed by atoms with van der Waals surface area (Å²) in [6.07, 6.45) is 3.25. The Morgan fingerprint density at radius 3 is 2.69 bits per heavy atom. The highest BCUT2D eigenvalue weighted by Gasteiger charge is 2.32. The number of nitrogens with zero attached hydrogens (tertiary/aromatic N) is 4. The van der Waals surface area contributed by atoms with E-state index in [4.69, 9.17) is 11.6 Å². The molecule has 2 heterocycles. The minimum absolute atomic E-state index is 0.00112. The number of nitro groups is 1. The van der Waals surface area contributed by atoms with Crippen molar-refractivity contribution < 1.29 is 9.72 Å². The molecule has 0 radical (unpaired) electrons. The van der Waals surface area contributed by atoms with Gasteiger partial charge in [0.15, 0.2) is 10.3 Å². The predicted molar refractivity (Wildman–Crippen MR) is 102 cm³/mol. The van der Waals surface area contributed by atoms with Crippen LogP contribution in [0.15, 0.2) is 52.5 Å². The van der Waals surface area contributed by atoms with Crippen molar-refractivity contribution in [3.05, 3.63) is 68.3 Å². The predicted octanol–water partition coefficient (Wildman–Crippen LogP) is 4.27. The second-order valence-corrected chi connectivity index (χ2v) is 6.58. The van der Waals surface area contributed by atoms with Crippen LogP contribution in [-0.2, 0) is 4.79 Å². The van der Waals surface area contributed by atoms with Gasteiger partial charge in [0.05, 0.1) is 9.83 Å². The van der Waals surface area contributed by atoms with Crippen LogP contribution in [0, 0.1) is 10.1 Å². The summed E-state index contributed by atoms with van der Waals surface area (Å²) >= 11 is 7.26. The summed E-state index contributed by atoms with van der Waals surface area (Å²) in [5.41, 5.74) is 1.18. The zero-order valence-electron chi connectivity index (χ0n) is 13.6. The number of hydrogen-bond acceptors (Lipinski definition) is 6. The summed E-state index contributed by atoms with van der Waals surface area (Å²) in [6, 6.07) is 9.44. The third-order valence-electron chi connectivity index (χ3n) is 3.56. The molecule has 0 aliphatic carbocycles. The third-order valence-corrected chi connectivity index (χ3v) is 4.86. The summed E-state index contributed by atoms with van der Waals surface area (Å²) in [6.45, 7) is 2.31. The van der Waals surface area contributed by atoms with Crippen LogP contribution in [0.25, 0.3) is 6.08 Å². The summed E-state index contributed by atoms with van der Waals surface area (Å²) < 4.78 is 0. The number of carbonyl (C=O) groups is 1. The van der Waals surface area contributed by atoms with Gasteiger partial charge in [0, 0.05) is 24.9 Å². The van der Waals surface area contributed by atoms with Crippen LogP contribution in [0.4, 0.5) is 11.4 Å². The first-order valence-electron chi connectivity index (χ1n) is 7.64. The summed E-state index contributed by atoms with van der Waals surface area (Å²) in [7, 11) is 0. The van der Waals surface area contributed by atoms with Gasteiger partial charge in [-0.1, -0.05) is 11.6 Å². The number of aliphatic imine (C=N–C) groups is 1. The van der Waals surface area contributed by atoms with E-state index in [0.717, 1.165) is 0 Å². The van der Waals surface area contributed by atoms with Gasteiger partial charge in [0.1, 0.15) is 5.69 Å². The molecular weight excluding hydrogens is 376 g/mol. The van der Waals surface area contributed by atoms with Gasteiger partial charge in [-0.15, -0.1) is 0 Å². The molecule has 9 heteroatoms. The zero-order valence-corrected chi connectivity index (χ0v) is 15.2. The fourth-order valence-electron chi connectivity index (χ4n) is 2.28. The first-order chi connectivity index (χ1) is 12.5. The molecule has 3 rings (SSSR count). The number of hydrogen-bond donors (Lipinski definition) is 0. The lowest BCUT2D eigenvalue weighted by Crippen LogP contribution is -2.28. The monoisotopic (exact) mass is 388 g/mol. The Kier molecular flexibility index (Phi) is 5.34. The molecule has 1 saturated heterocycles. The fraction of sp³-hybridized carbons (Fsp3) is 0.118. The van der Waals surface area contributed by atoms with E-state index < -0.39 is 4.92 Å². The second-order valence-electron chi connectivity index (χ2n) is 5.22. The van der Waals surface area contributed by atoms with Crippen molar-refractivity contribution >= 4 is 51.9 Å². The number of non-ortho nitro benzene ring substituents is 1. The number of rotatable bonds is 4. The summed E-state index contributed by atoms with van der Waals surface area (Å²) in [5, 5.41) is 11.5. The number of amides is 1. The second kappa shape index (κ2) is 7.67. The average molecular weight is 389 g/mol. The lowest BCUT2D eigenvalue weighted by Gasteiger charge is -2.12. The Balaban J connectivity index is 1.91. The number of nitro benzene ring substituents is 1. The maximum Gasteiger partial charge on any atom is 0.269 e. The Morgan fingerprint density at radius 1 is 1.35 bits per heavy atom. The molecule has 0 bridgehead atoms. The quantitative estimate of drug-likeness (QED) is 0.338. The first-order valence-corrected chi connectivity index (χ1v) is 8.84. The summed E-state index contributed by atoms with van der Waals surface area (Å²) in [5.74, 6) is -0.172. The van der Waals surface area contributed by atoms with Crippen LogP contribution in [0.5, 0.6) is 0 Å². The van der Waals surface area contributed by atoms with Crippen molar-refractivity contribution in [2.75, 3.05) is 6.54 Å². The van der Waals surface area contributed by atoms with Gasteiger partial charge in [-0.2, -0.15) is 0 Å². The molecule has 7 nitrogen and oxygen atoms in total. The molecule has 1 aliphatic rings. The van der Waals surface area contributed by atoms with Crippen LogP contribution in [0.1, 0.15) is 12.5 Å². The Labute approximate surface area is 158 Å². The van der Waals surface area contributed by atoms with Crippen LogP contribution < -0.4 is 0 Å². The average Bonchev–Trinajstić information content (AvgIpc) is 2.92. The van der Waals surface area contributed by atoms with Gasteiger partial charge in [0.2, 0.25) is 0 Å². The van der Waals surface area contributed by atoms with Gasteiger partial charge >= 0.3 is 0 Å². The molecule has 2 aromatic rings. The molecule has 0 saturated carbocycles. The molecule has 132 valence electrons. The van der Waals surface area contributed by atoms with E-state index in [1.165, 1.54) is 23.9 Å². The zero-order chi connectivity index (χ0) is 18.7. The smallest absolute Gasteiger partial charge is 0.269 e. The van der Waals surface area contributed by atoms with Crippen molar-refractivity contribution in [2.45, 2.75) is 6.92 Å². The number of likely N-dealkylation sites (N-methyl/N-ethyl adjacent to an activating group) is 1. The maximum absolute atomic E-state index is 12.6. The first kappa shape index (κ1) is 18.1. The van der Waals surface area contributed by atoms with Crippen molar-refractivity contribution in [1.82, 2.24) is 9.88 Å². The molecule has 0 N–H and O–H groups in total. The standard InChI is InChI=1S/C17H13ClN4O3S/c1-2-21-16(23)14(10-11-5-7-12(8-6-11)22(24)25)26-17(21)20-13-4-3-9-19-15(13)18/h3-10H,2H2,1H3/b14-10-,20-17?. The number of pyridine rings is 1. The number of aromatic nitrogens is 1. The minimum Gasteiger partial charge on any atom is -0.287 e. The Morgan fingerprint density at radius 2 is 2.08 bits per heavy atom. The van der Waals surface area contributed by atoms with Crippen molar-refractivity contribution in [3.8, 4) is 0 Å². The molecule has 0 spiro atoms. The van der Waals surface area contributed by atoms with Gasteiger partial charge in [-0.25, -0.2) is 9.98 Å². The lowest BCUT2D eigenvalue weighted by molar-refractivity contribution is -0.384. The molecule has 26 heavy (non-hydrogen) atoms. The molecule has 0 unspecified atom stereocenters. The number of benzene rings is 1. The number of halogens is 1. The van der Waals surface area contributed by atoms with Crippen molar-refractivity contribution in [1.29, 1.82) is 0 Å². The Hall–Kier alpha value is -2.71. The highest BCUT2D eigenvalue weighted by Crippen LogP contribution is 2.35. The van der Waals surface area contributed by atoms with Gasteiger partial charge in [0.25, 0.3) is 11.6 Å². The number of amidine groups is 1. The molecule has 1 aromatic carbocycles. The highest BCUT2D eigenvalue weighted by molar-refractivity contribution is 8.18. The topological polar surface area (TPSA) is 88.7 Å². The third kappa shape index (κ3) is 3.76. The van der Waals surface area contributed by atoms with Crippen molar-refractivity contribution in [2.24, 2.45) is 4.99 Å². The maximum atomic E-state index is 12.6. The number of carbonyl (C=O) groups excluding carboxylic acids is 1. The van der Waals surface area contributed by atoms with Crippen LogP contribution >= 0.6 is 23.4 Å². The molecule has 0 atom stereocenters. The number of thioether (sulfide) groups is 1. The van der Waals surface area contributed by atoms with Crippen LogP contribution in [0.3, 0.4) is 0 Å². The molecular formula is C17H13ClN4O3S. The van der Waals surface area contributed by atoms with E-state index in [1.54, 1.807) is 41.4 Å². The van der Waals surface area contributed by atoms with E-state index in [1.807, 2.05) is 6.92 Å². The highest BCUT2D eigenvalue weighted by atomic mass is 35.5. The Bertz CT molecular complexity index is 928. The minimum atomic E-state index is -0.465. The van der Waals surface area contributed by atoms with E-state index in [-0.39, 0.29) is 16.7 Å². The van der Waals surface area contributed by atoms with E-state index >= 15 is 0 Å². The molecule has 1 amide bonds. The summed E-state index contributed by atoms with van der Waals surface area (Å²) in [4.78, 5) is 33.3. The molecule has 1 fully saturated rings. The van der Waals surface area contributed by atoms with E-state index in [2.05, 4.69) is 9.98 Å². The SMILES string of the molecule is CCN1C(=O)/C(=C/c2ccc([N+](=O)[O-])cc2)SC1=Nc1cccnc1Cl. The molecule has 1 aromatic heterocycles. The van der Waals surface area contributed by atoms with Crippen LogP contribution in [0.2, 0.25) is 5.15 Å². The van der Waals surface area contributed by atoms with E-state index in [0.29, 0.717) is 27.9 Å². The lowest BCUT2D eigenvalue weighted by atomic mass is 10.2. The fourth-order valence-corrected chi connectivity index (χ4v) is 3.49. The van der Waals surface area contributed by atoms with Gasteiger partial charge in [-0.3, -0.25) is 19.8 Å². The normalized spacial score (nSPS) is 17.3. The van der Waals surface area contributed by atoms with Crippen LogP contribution in [-0.4, -0.2) is 32.4 Å². The van der Waals surface area contributed by atoms with E-state index in [9.17, 15) is 14.9 Å². The van der Waals surface area contributed by atoms with Gasteiger partial charge < -0.3 is 0 Å². The van der Waals surface area contributed by atoms with Crippen molar-refractivity contribution in [3.63, 3.8) is 0 Å². The molecule has 1 aliphatic heterocycles.